The molecule has 244 valence electrons. The van der Waals surface area contributed by atoms with E-state index in [0.717, 1.165) is 35.1 Å². The Labute approximate surface area is 268 Å². The summed E-state index contributed by atoms with van der Waals surface area (Å²) in [7, 11) is 0. The quantitative estimate of drug-likeness (QED) is 0.168. The number of aliphatic hydroxyl groups excluding tert-OH is 4. The molecule has 44 heavy (non-hydrogen) atoms. The lowest BCUT2D eigenvalue weighted by Crippen LogP contribution is -2.44. The maximum absolute atomic E-state index is 10.9. The van der Waals surface area contributed by atoms with Crippen molar-refractivity contribution in [2.45, 2.75) is 119 Å². The topological polar surface area (TPSA) is 80.9 Å². The van der Waals surface area contributed by atoms with Gasteiger partial charge in [-0.25, -0.2) is 0 Å². The van der Waals surface area contributed by atoms with Crippen LogP contribution in [0, 0.1) is 21.7 Å². The van der Waals surface area contributed by atoms with Crippen molar-refractivity contribution in [3.05, 3.63) is 107 Å². The minimum atomic E-state index is -0.606. The zero-order chi connectivity index (χ0) is 33.3. The van der Waals surface area contributed by atoms with Crippen molar-refractivity contribution < 1.29 is 20.4 Å². The molecule has 4 N–H and O–H groups in total. The van der Waals surface area contributed by atoms with Crippen molar-refractivity contribution in [2.24, 2.45) is 21.7 Å². The van der Waals surface area contributed by atoms with Gasteiger partial charge in [0.1, 0.15) is 0 Å². The van der Waals surface area contributed by atoms with Gasteiger partial charge in [0, 0.05) is 10.8 Å². The fourth-order valence-electron chi connectivity index (χ4n) is 6.46. The van der Waals surface area contributed by atoms with Gasteiger partial charge in [-0.15, -0.1) is 0 Å². The van der Waals surface area contributed by atoms with Crippen LogP contribution in [-0.4, -0.2) is 44.8 Å². The van der Waals surface area contributed by atoms with Gasteiger partial charge in [0.05, 0.1) is 24.4 Å². The fraction of sp³-hybridized carbons (Fsp3) is 0.550. The van der Waals surface area contributed by atoms with Crippen LogP contribution in [0.15, 0.2) is 107 Å². The molecule has 2 fully saturated rings. The monoisotopic (exact) mass is 604 g/mol. The van der Waals surface area contributed by atoms with Crippen LogP contribution < -0.4 is 0 Å². The first-order chi connectivity index (χ1) is 20.4. The second kappa shape index (κ2) is 15.7. The normalized spacial score (nSPS) is 32.0. The third kappa shape index (κ3) is 9.50. The van der Waals surface area contributed by atoms with Crippen LogP contribution >= 0.6 is 0 Å². The Morgan fingerprint density at radius 3 is 1.39 bits per heavy atom. The van der Waals surface area contributed by atoms with E-state index in [1.807, 2.05) is 88.5 Å². The highest BCUT2D eigenvalue weighted by molar-refractivity contribution is 5.32. The van der Waals surface area contributed by atoms with Crippen molar-refractivity contribution in [1.29, 1.82) is 0 Å². The number of hydrogen-bond donors (Lipinski definition) is 4. The van der Waals surface area contributed by atoms with Crippen LogP contribution in [0.1, 0.15) is 94.9 Å². The van der Waals surface area contributed by atoms with Gasteiger partial charge >= 0.3 is 0 Å². The summed E-state index contributed by atoms with van der Waals surface area (Å²) >= 11 is 0. The van der Waals surface area contributed by atoms with E-state index in [4.69, 9.17) is 0 Å². The molecule has 2 saturated carbocycles. The summed E-state index contributed by atoms with van der Waals surface area (Å²) in [6.45, 7) is 20.6. The first-order valence-electron chi connectivity index (χ1n) is 16.2. The zero-order valence-electron chi connectivity index (χ0n) is 29.0. The van der Waals surface area contributed by atoms with Crippen molar-refractivity contribution in [3.63, 3.8) is 0 Å². The highest BCUT2D eigenvalue weighted by Gasteiger charge is 2.54. The van der Waals surface area contributed by atoms with Gasteiger partial charge in [0.2, 0.25) is 0 Å². The minimum Gasteiger partial charge on any atom is -0.393 e. The van der Waals surface area contributed by atoms with Crippen LogP contribution in [0.4, 0.5) is 0 Å². The molecule has 4 heteroatoms. The molecule has 0 heterocycles. The van der Waals surface area contributed by atoms with E-state index in [0.29, 0.717) is 12.8 Å². The lowest BCUT2D eigenvalue weighted by molar-refractivity contribution is -0.0464. The van der Waals surface area contributed by atoms with Crippen molar-refractivity contribution >= 4 is 0 Å². The van der Waals surface area contributed by atoms with E-state index in [1.54, 1.807) is 0 Å². The van der Waals surface area contributed by atoms with Crippen molar-refractivity contribution in [3.8, 4) is 0 Å². The average molecular weight is 605 g/mol. The maximum Gasteiger partial charge on any atom is 0.0783 e. The molecule has 0 aromatic carbocycles. The first kappa shape index (κ1) is 37.7. The Morgan fingerprint density at radius 1 is 0.591 bits per heavy atom. The molecule has 0 aliphatic heterocycles. The Morgan fingerprint density at radius 2 is 1.00 bits per heavy atom. The molecule has 4 nitrogen and oxygen atoms in total. The predicted octanol–water partition coefficient (Wildman–Crippen LogP) is 8.65. The molecule has 6 atom stereocenters. The minimum absolute atomic E-state index is 0.121. The third-order valence-electron chi connectivity index (χ3n) is 10.8. The van der Waals surface area contributed by atoms with E-state index in [9.17, 15) is 20.4 Å². The van der Waals surface area contributed by atoms with Gasteiger partial charge < -0.3 is 20.4 Å². The molecular formula is C40H60O4. The van der Waals surface area contributed by atoms with Crippen LogP contribution in [0.25, 0.3) is 0 Å². The lowest BCUT2D eigenvalue weighted by Gasteiger charge is -2.42. The molecule has 0 bridgehead atoms. The molecule has 0 aromatic heterocycles. The van der Waals surface area contributed by atoms with Crippen molar-refractivity contribution in [1.82, 2.24) is 0 Å². The molecular weight excluding hydrogens is 544 g/mol. The van der Waals surface area contributed by atoms with E-state index >= 15 is 0 Å². The average Bonchev–Trinajstić information content (AvgIpc) is 3.29. The van der Waals surface area contributed by atoms with Gasteiger partial charge in [0.15, 0.2) is 0 Å². The van der Waals surface area contributed by atoms with E-state index in [1.165, 1.54) is 0 Å². The SMILES string of the molecule is CC(/C=C/C=C(C)/C=C/[C@@H](O)[C@]1(C)CC[C@H](O)C1(C)C)=C\C=C\C=C(C)\C=C\C=C(C)\C=C\[C@H](O)[C@]1(C)C[C@@H](O)CC1(C)C. The Balaban J connectivity index is 1.87. The zero-order valence-corrected chi connectivity index (χ0v) is 29.0. The molecule has 2 rings (SSSR count). The molecule has 0 spiro atoms. The summed E-state index contributed by atoms with van der Waals surface area (Å²) in [5.41, 5.74) is 3.22. The smallest absolute Gasteiger partial charge is 0.0783 e. The molecule has 0 saturated heterocycles. The standard InChI is InChI=1S/C40H60O4/c1-29(17-13-19-31(3)21-23-35(43)39(9)26-25-34(42)38(39,7)8)15-11-12-16-30(2)18-14-20-32(4)22-24-36(44)40(10)28-33(41)27-37(40,5)6/h11-24,33-36,41-44H,25-28H2,1-10H3/b12-11+,17-13+,18-14+,23-21+,24-22+,29-15+,30-16+,31-19+,32-20+/t33-,34-,35+,36-,39-,40-/m0/s1. The van der Waals surface area contributed by atoms with Crippen LogP contribution in [0.2, 0.25) is 0 Å². The molecule has 0 radical (unpaired) electrons. The maximum atomic E-state index is 10.9. The van der Waals surface area contributed by atoms with E-state index < -0.39 is 12.2 Å². The Bertz CT molecular complexity index is 1180. The fourth-order valence-corrected chi connectivity index (χ4v) is 6.46. The van der Waals surface area contributed by atoms with E-state index in [2.05, 4.69) is 65.8 Å². The molecule has 2 aliphatic carbocycles. The molecule has 0 unspecified atom stereocenters. The third-order valence-corrected chi connectivity index (χ3v) is 10.8. The largest absolute Gasteiger partial charge is 0.393 e. The highest BCUT2D eigenvalue weighted by atomic mass is 16.3. The second-order valence-corrected chi connectivity index (χ2v) is 14.9. The lowest BCUT2D eigenvalue weighted by atomic mass is 9.65. The Kier molecular flexibility index (Phi) is 13.4. The molecule has 0 aromatic rings. The van der Waals surface area contributed by atoms with Crippen LogP contribution in [0.3, 0.4) is 0 Å². The summed E-state index contributed by atoms with van der Waals surface area (Å²) in [5.74, 6) is 0. The van der Waals surface area contributed by atoms with Gasteiger partial charge in [-0.1, -0.05) is 149 Å². The van der Waals surface area contributed by atoms with Gasteiger partial charge in [-0.05, 0) is 64.2 Å². The second-order valence-electron chi connectivity index (χ2n) is 14.9. The molecule has 0 amide bonds. The number of allylic oxidation sites excluding steroid dienone is 16. The highest BCUT2D eigenvalue weighted by Crippen LogP contribution is 2.55. The Hall–Kier alpha value is -2.50. The van der Waals surface area contributed by atoms with Crippen LogP contribution in [-0.2, 0) is 0 Å². The number of hydrogen-bond acceptors (Lipinski definition) is 4. The van der Waals surface area contributed by atoms with Gasteiger partial charge in [-0.3, -0.25) is 0 Å². The number of aliphatic hydroxyl groups is 4. The van der Waals surface area contributed by atoms with Crippen LogP contribution in [0.5, 0.6) is 0 Å². The summed E-state index contributed by atoms with van der Waals surface area (Å²) in [6.07, 6.45) is 28.9. The first-order valence-corrected chi connectivity index (χ1v) is 16.2. The summed E-state index contributed by atoms with van der Waals surface area (Å²) in [5, 5.41) is 42.2. The number of rotatable bonds is 12. The summed E-state index contributed by atoms with van der Waals surface area (Å²) < 4.78 is 0. The molecule has 2 aliphatic rings. The summed E-state index contributed by atoms with van der Waals surface area (Å²) in [6, 6.07) is 0. The predicted molar refractivity (Wildman–Crippen MR) is 187 cm³/mol. The van der Waals surface area contributed by atoms with Gasteiger partial charge in [0.25, 0.3) is 0 Å². The van der Waals surface area contributed by atoms with E-state index in [-0.39, 0.29) is 33.9 Å². The van der Waals surface area contributed by atoms with Gasteiger partial charge in [-0.2, -0.15) is 0 Å². The summed E-state index contributed by atoms with van der Waals surface area (Å²) in [4.78, 5) is 0. The van der Waals surface area contributed by atoms with Crippen molar-refractivity contribution in [2.75, 3.05) is 0 Å².